The number of hydrogen-bond donors (Lipinski definition) is 10. The molecule has 6 heterocycles. The number of aromatic nitrogens is 8. The molecule has 0 saturated carbocycles. The summed E-state index contributed by atoms with van der Waals surface area (Å²) in [6.07, 6.45) is -5.19. The highest BCUT2D eigenvalue weighted by Crippen LogP contribution is 2.32. The minimum atomic E-state index is -1.30. The van der Waals surface area contributed by atoms with E-state index in [-0.39, 0.29) is 40.6 Å². The van der Waals surface area contributed by atoms with Gasteiger partial charge in [-0.1, -0.05) is 0 Å². The Labute approximate surface area is 306 Å². The zero-order valence-electron chi connectivity index (χ0n) is 30.5. The van der Waals surface area contributed by atoms with Crippen LogP contribution in [0.3, 0.4) is 0 Å². The third kappa shape index (κ3) is 9.77. The van der Waals surface area contributed by atoms with Crippen LogP contribution in [0.2, 0.25) is 0 Å². The second-order valence-corrected chi connectivity index (χ2v) is 11.9. The summed E-state index contributed by atoms with van der Waals surface area (Å²) < 4.78 is 23.1. The van der Waals surface area contributed by atoms with Crippen LogP contribution in [0.15, 0.2) is 27.2 Å². The molecule has 4 aromatic rings. The number of nitrogens with one attached hydrogen (secondary N) is 2. The van der Waals surface area contributed by atoms with Crippen LogP contribution in [-0.2, 0) is 18.9 Å². The number of rotatable bonds is 9. The average Bonchev–Trinajstić information content (AvgIpc) is 3.90. The fraction of sp³-hybridized carbons (Fsp3) is 0.621. The number of methoxy groups -OCH3 is 2. The lowest BCUT2D eigenvalue weighted by Gasteiger charge is -2.19. The molecular weight excluding hydrogens is 724 g/mol. The lowest BCUT2D eigenvalue weighted by Crippen LogP contribution is -2.33. The van der Waals surface area contributed by atoms with Crippen molar-refractivity contribution in [3.05, 3.63) is 33.4 Å². The quantitative estimate of drug-likeness (QED) is 0.0432. The molecule has 4 aromatic heterocycles. The van der Waals surface area contributed by atoms with E-state index in [0.29, 0.717) is 0 Å². The fourth-order valence-corrected chi connectivity index (χ4v) is 5.20. The highest BCUT2D eigenvalue weighted by atomic mass is 16.7. The molecule has 11 N–H and O–H groups in total. The smallest absolute Gasteiger partial charge is 0.280 e. The second kappa shape index (κ2) is 19.7. The van der Waals surface area contributed by atoms with E-state index < -0.39 is 73.4 Å². The molecule has 0 aliphatic carbocycles. The Kier molecular flexibility index (Phi) is 16.0. The van der Waals surface area contributed by atoms with Gasteiger partial charge >= 0.3 is 0 Å². The molecule has 25 heteroatoms. The Balaban J connectivity index is 0.000000236. The summed E-state index contributed by atoms with van der Waals surface area (Å²) in [6, 6.07) is 0. The van der Waals surface area contributed by atoms with Gasteiger partial charge in [0.15, 0.2) is 34.8 Å². The summed E-state index contributed by atoms with van der Waals surface area (Å²) in [5.74, 6) is -0.0364. The third-order valence-electron chi connectivity index (χ3n) is 7.69. The van der Waals surface area contributed by atoms with Crippen molar-refractivity contribution in [2.75, 3.05) is 68.5 Å². The van der Waals surface area contributed by atoms with Gasteiger partial charge in [-0.05, 0) is 14.1 Å². The Morgan fingerprint density at radius 2 is 1.28 bits per heavy atom. The Morgan fingerprint density at radius 3 is 1.65 bits per heavy atom. The number of aliphatic hydroxyl groups is 7. The Hall–Kier alpha value is -4.51. The highest BCUT2D eigenvalue weighted by molar-refractivity contribution is 5.72. The van der Waals surface area contributed by atoms with Crippen LogP contribution in [0, 0.1) is 0 Å². The standard InChI is InChI=1S/C13H18N6O5.C10H13N5O5.C5H13NO2.CH4O/c1-18(2)4-15-13-16-10-7(11(23)17-13)14-5-19(10)12-9(22)8(21)6(3-20)24-12;11-10-13-7-4(8(19)14-10)12-2-15(7)9-6(18)5(17)3(1-16)20-9;1-6(2)5(7-3)8-4;1-2/h4-6,8-9,12,20-22H,3H2,1-2H3,(H,16,17,23);2-3,5-6,9,16-18H,1H2,(H3,11,13,14,19);5H,1-4H3;2H,1H3/t6-,8?,9+,12-;3-,5?,6+,9-;;/m11../s1. The van der Waals surface area contributed by atoms with Crippen LogP contribution in [0.25, 0.3) is 22.3 Å². The van der Waals surface area contributed by atoms with Crippen molar-refractivity contribution in [3.63, 3.8) is 0 Å². The minimum Gasteiger partial charge on any atom is -0.400 e. The molecule has 2 unspecified atom stereocenters. The summed E-state index contributed by atoms with van der Waals surface area (Å²) >= 11 is 0. The SMILES string of the molecule is CN(C)C=Nc1nc2c(ncn2[C@@H]2O[C@H](CO)C(O)[C@@H]2O)c(=O)[nH]1.CO.COC(OC)N(C)C.Nc1nc2c(ncn2[C@@H]2O[C@H](CO)C(O)[C@@H]2O)c(=O)[nH]1. The number of fused-ring (bicyclic) bond motifs is 2. The number of imidazole rings is 2. The molecule has 302 valence electrons. The summed E-state index contributed by atoms with van der Waals surface area (Å²) in [4.78, 5) is 52.1. The topological polar surface area (TPSA) is 351 Å². The lowest BCUT2D eigenvalue weighted by molar-refractivity contribution is -0.179. The van der Waals surface area contributed by atoms with Gasteiger partial charge in [0.2, 0.25) is 18.3 Å². The number of anilines is 1. The predicted molar refractivity (Wildman–Crippen MR) is 188 cm³/mol. The molecule has 0 bridgehead atoms. The van der Waals surface area contributed by atoms with Gasteiger partial charge in [-0.15, -0.1) is 0 Å². The molecule has 2 fully saturated rings. The van der Waals surface area contributed by atoms with E-state index >= 15 is 0 Å². The third-order valence-corrected chi connectivity index (χ3v) is 7.69. The van der Waals surface area contributed by atoms with Crippen molar-refractivity contribution < 1.29 is 54.7 Å². The van der Waals surface area contributed by atoms with Crippen molar-refractivity contribution in [2.45, 2.75) is 55.5 Å². The van der Waals surface area contributed by atoms with Crippen LogP contribution < -0.4 is 16.9 Å². The number of aliphatic hydroxyl groups excluding tert-OH is 7. The van der Waals surface area contributed by atoms with E-state index in [1.807, 2.05) is 19.0 Å². The van der Waals surface area contributed by atoms with Crippen molar-refractivity contribution in [2.24, 2.45) is 4.99 Å². The van der Waals surface area contributed by atoms with E-state index in [4.69, 9.17) is 34.9 Å². The number of H-pyrrole nitrogens is 2. The van der Waals surface area contributed by atoms with Crippen LogP contribution >= 0.6 is 0 Å². The Bertz CT molecular complexity index is 1910. The van der Waals surface area contributed by atoms with Crippen molar-refractivity contribution in [3.8, 4) is 0 Å². The van der Waals surface area contributed by atoms with E-state index in [0.717, 1.165) is 7.11 Å². The Morgan fingerprint density at radius 1 is 0.833 bits per heavy atom. The maximum Gasteiger partial charge on any atom is 0.280 e. The summed E-state index contributed by atoms with van der Waals surface area (Å²) in [5, 5.41) is 64.9. The van der Waals surface area contributed by atoms with E-state index in [1.54, 1.807) is 33.2 Å². The molecule has 0 radical (unpaired) electrons. The molecule has 6 rings (SSSR count). The van der Waals surface area contributed by atoms with E-state index in [9.17, 15) is 35.1 Å². The summed E-state index contributed by atoms with van der Waals surface area (Å²) in [5.41, 5.74) is 4.83. The minimum absolute atomic E-state index is 0.0388. The molecule has 0 spiro atoms. The van der Waals surface area contributed by atoms with E-state index in [1.165, 1.54) is 28.1 Å². The number of nitrogens with two attached hydrogens (primary N) is 1. The largest absolute Gasteiger partial charge is 0.400 e. The van der Waals surface area contributed by atoms with Gasteiger partial charge in [-0.25, -0.2) is 15.0 Å². The number of nitrogens with zero attached hydrogens (tertiary/aromatic N) is 9. The first-order valence-electron chi connectivity index (χ1n) is 16.0. The van der Waals surface area contributed by atoms with Gasteiger partial charge < -0.3 is 65.3 Å². The van der Waals surface area contributed by atoms with Crippen molar-refractivity contribution in [1.82, 2.24) is 48.8 Å². The van der Waals surface area contributed by atoms with Crippen LogP contribution in [0.4, 0.5) is 11.9 Å². The maximum atomic E-state index is 12.1. The molecule has 2 saturated heterocycles. The van der Waals surface area contributed by atoms with E-state index in [2.05, 4.69) is 34.9 Å². The van der Waals surface area contributed by atoms with Crippen LogP contribution in [0.1, 0.15) is 12.5 Å². The summed E-state index contributed by atoms with van der Waals surface area (Å²) in [6.45, 7) is -0.898. The molecule has 2 aliphatic rings. The molecular formula is C29H48N12O13. The van der Waals surface area contributed by atoms with Gasteiger partial charge in [-0.3, -0.25) is 33.6 Å². The van der Waals surface area contributed by atoms with Gasteiger partial charge in [0, 0.05) is 35.4 Å². The second-order valence-electron chi connectivity index (χ2n) is 11.9. The van der Waals surface area contributed by atoms with Gasteiger partial charge in [0.1, 0.15) is 36.6 Å². The first-order chi connectivity index (χ1) is 25.7. The molecule has 0 amide bonds. The zero-order chi connectivity index (χ0) is 40.4. The maximum absolute atomic E-state index is 12.1. The normalized spacial score (nSPS) is 25.1. The molecule has 25 nitrogen and oxygen atoms in total. The van der Waals surface area contributed by atoms with Crippen LogP contribution in [0.5, 0.6) is 0 Å². The summed E-state index contributed by atoms with van der Waals surface area (Å²) in [7, 11) is 11.5. The first kappa shape index (κ1) is 43.9. The number of aliphatic imine (C=N–C) groups is 1. The zero-order valence-corrected chi connectivity index (χ0v) is 30.5. The number of hydrogen-bond acceptors (Lipinski definition) is 20. The molecule has 54 heavy (non-hydrogen) atoms. The number of ether oxygens (including phenoxy) is 4. The average molecular weight is 773 g/mol. The van der Waals surface area contributed by atoms with Crippen molar-refractivity contribution >= 4 is 40.6 Å². The molecule has 2 aliphatic heterocycles. The number of nitrogen functional groups attached to an aromatic ring is 1. The van der Waals surface area contributed by atoms with Gasteiger partial charge in [0.25, 0.3) is 11.1 Å². The predicted octanol–water partition coefficient (Wildman–Crippen LogP) is -5.00. The van der Waals surface area contributed by atoms with Gasteiger partial charge in [-0.2, -0.15) is 9.97 Å². The first-order valence-corrected chi connectivity index (χ1v) is 16.0. The molecule has 8 atom stereocenters. The number of aromatic amines is 2. The van der Waals surface area contributed by atoms with Crippen molar-refractivity contribution in [1.29, 1.82) is 0 Å². The van der Waals surface area contributed by atoms with Gasteiger partial charge in [0.05, 0.1) is 32.2 Å². The lowest BCUT2D eigenvalue weighted by atomic mass is 10.1. The highest BCUT2D eigenvalue weighted by Gasteiger charge is 2.45. The van der Waals surface area contributed by atoms with Crippen LogP contribution in [-0.4, -0.2) is 197 Å². The fourth-order valence-electron chi connectivity index (χ4n) is 5.20. The molecule has 0 aromatic carbocycles. The monoisotopic (exact) mass is 772 g/mol.